The maximum atomic E-state index is 14.4. The van der Waals surface area contributed by atoms with E-state index in [2.05, 4.69) is 37.9 Å². The van der Waals surface area contributed by atoms with Crippen molar-refractivity contribution in [1.82, 2.24) is 9.62 Å². The fourth-order valence-electron chi connectivity index (χ4n) is 2.57. The molecule has 27 heavy (non-hydrogen) atoms. The Kier molecular flexibility index (Phi) is 6.41. The van der Waals surface area contributed by atoms with E-state index in [4.69, 9.17) is 11.6 Å². The number of nitrogens with zero attached hydrogens (tertiary/aromatic N) is 1. The van der Waals surface area contributed by atoms with Crippen molar-refractivity contribution in [2.45, 2.75) is 0 Å². The molecule has 6 nitrogen and oxygen atoms in total. The highest BCUT2D eigenvalue weighted by Gasteiger charge is 2.26. The Balaban J connectivity index is 1.95. The summed E-state index contributed by atoms with van der Waals surface area (Å²) in [5.41, 5.74) is -0.122. The fraction of sp³-hybridized carbons (Fsp3) is 0.250. The Hall–Kier alpha value is -1.21. The number of rotatable bonds is 5. The molecule has 1 saturated heterocycles. The zero-order valence-corrected chi connectivity index (χ0v) is 17.6. The van der Waals surface area contributed by atoms with Gasteiger partial charge in [0.2, 0.25) is 0 Å². The Morgan fingerprint density at radius 2 is 1.78 bits per heavy atom. The highest BCUT2D eigenvalue weighted by molar-refractivity contribution is 14.1. The van der Waals surface area contributed by atoms with Crippen molar-refractivity contribution in [3.63, 3.8) is 0 Å². The molecule has 0 radical (unpaired) electrons. The maximum absolute atomic E-state index is 14.4. The molecule has 1 aliphatic rings. The lowest BCUT2D eigenvalue weighted by atomic mass is 10.2. The molecule has 2 aromatic carbocycles. The summed E-state index contributed by atoms with van der Waals surface area (Å²) in [5, 5.41) is 6.04. The third-order valence-electron chi connectivity index (χ3n) is 3.94. The largest absolute Gasteiger partial charge is 0.350 e. The molecule has 1 fully saturated rings. The Morgan fingerprint density at radius 3 is 2.44 bits per heavy atom. The highest BCUT2D eigenvalue weighted by atomic mass is 127. The van der Waals surface area contributed by atoms with Crippen LogP contribution in [0.4, 0.5) is 25.8 Å². The molecule has 2 aromatic rings. The van der Waals surface area contributed by atoms with Gasteiger partial charge in [0.05, 0.1) is 16.4 Å². The molecule has 146 valence electrons. The second-order valence-electron chi connectivity index (χ2n) is 5.79. The number of halogens is 4. The first-order chi connectivity index (χ1) is 12.8. The number of hydrogen-bond donors (Lipinski definition) is 3. The smallest absolute Gasteiger partial charge is 0.301 e. The highest BCUT2D eigenvalue weighted by Crippen LogP contribution is 2.34. The van der Waals surface area contributed by atoms with E-state index in [0.717, 1.165) is 9.64 Å². The zero-order valence-electron chi connectivity index (χ0n) is 13.9. The summed E-state index contributed by atoms with van der Waals surface area (Å²) >= 11 is 8.21. The lowest BCUT2D eigenvalue weighted by Crippen LogP contribution is -2.48. The topological polar surface area (TPSA) is 73.5 Å². The van der Waals surface area contributed by atoms with Crippen molar-refractivity contribution in [2.75, 3.05) is 36.2 Å². The average Bonchev–Trinajstić information content (AvgIpc) is 2.63. The van der Waals surface area contributed by atoms with Crippen molar-refractivity contribution in [3.8, 4) is 0 Å². The van der Waals surface area contributed by atoms with Gasteiger partial charge in [-0.3, -0.25) is 4.72 Å². The molecule has 1 heterocycles. The first-order valence-electron chi connectivity index (χ1n) is 7.96. The maximum Gasteiger partial charge on any atom is 0.301 e. The Labute approximate surface area is 174 Å². The summed E-state index contributed by atoms with van der Waals surface area (Å²) in [6.07, 6.45) is 0. The molecule has 0 amide bonds. The summed E-state index contributed by atoms with van der Waals surface area (Å²) in [4.78, 5) is 0. The second kappa shape index (κ2) is 8.43. The van der Waals surface area contributed by atoms with Gasteiger partial charge in [0.1, 0.15) is 5.69 Å². The molecule has 0 atom stereocenters. The van der Waals surface area contributed by atoms with Gasteiger partial charge in [0, 0.05) is 29.7 Å². The van der Waals surface area contributed by atoms with Crippen LogP contribution in [0.3, 0.4) is 0 Å². The lowest BCUT2D eigenvalue weighted by molar-refractivity contribution is 0.362. The summed E-state index contributed by atoms with van der Waals surface area (Å²) in [6.45, 7) is 1.60. The molecular formula is C16H16ClF2IN4O2S. The molecule has 0 aromatic heterocycles. The third kappa shape index (κ3) is 4.80. The van der Waals surface area contributed by atoms with Crippen molar-refractivity contribution in [3.05, 3.63) is 50.6 Å². The molecule has 3 rings (SSSR count). The van der Waals surface area contributed by atoms with E-state index in [1.807, 2.05) is 0 Å². The summed E-state index contributed by atoms with van der Waals surface area (Å²) in [5.74, 6) is -2.31. The normalized spacial score (nSPS) is 15.6. The number of piperazine rings is 1. The molecule has 0 bridgehead atoms. The van der Waals surface area contributed by atoms with Crippen LogP contribution in [0.1, 0.15) is 0 Å². The van der Waals surface area contributed by atoms with Crippen molar-refractivity contribution < 1.29 is 17.2 Å². The lowest BCUT2D eigenvalue weighted by Gasteiger charge is -2.27. The van der Waals surface area contributed by atoms with E-state index in [0.29, 0.717) is 23.8 Å². The van der Waals surface area contributed by atoms with Gasteiger partial charge in [-0.25, -0.2) is 8.78 Å². The van der Waals surface area contributed by atoms with Crippen LogP contribution >= 0.6 is 34.2 Å². The number of benzene rings is 2. The average molecular weight is 529 g/mol. The van der Waals surface area contributed by atoms with Crippen LogP contribution in [0.2, 0.25) is 5.02 Å². The fourth-order valence-corrected chi connectivity index (χ4v) is 4.72. The summed E-state index contributed by atoms with van der Waals surface area (Å²) in [6, 6.07) is 7.01. The number of anilines is 3. The quantitative estimate of drug-likeness (QED) is 0.519. The third-order valence-corrected chi connectivity index (χ3v) is 6.45. The van der Waals surface area contributed by atoms with Gasteiger partial charge < -0.3 is 10.6 Å². The van der Waals surface area contributed by atoms with Crippen LogP contribution < -0.4 is 15.4 Å². The van der Waals surface area contributed by atoms with Crippen molar-refractivity contribution >= 4 is 61.5 Å². The van der Waals surface area contributed by atoms with Crippen molar-refractivity contribution in [1.29, 1.82) is 0 Å². The van der Waals surface area contributed by atoms with Crippen LogP contribution in [0.5, 0.6) is 0 Å². The molecule has 3 N–H and O–H groups in total. The molecule has 0 spiro atoms. The summed E-state index contributed by atoms with van der Waals surface area (Å²) < 4.78 is 57.8. The monoisotopic (exact) mass is 528 g/mol. The van der Waals surface area contributed by atoms with E-state index in [-0.39, 0.29) is 24.5 Å². The standard InChI is InChI=1S/C16H16ClF2IN4O2S/c17-11-9-10(20)1-3-13(11)22-16-14(4-2-12(18)15(16)19)23-27(25,26)24-7-5-21-6-8-24/h1-4,9,21-23H,5-8H2. The van der Waals surface area contributed by atoms with Gasteiger partial charge >= 0.3 is 10.2 Å². The predicted molar refractivity (Wildman–Crippen MR) is 111 cm³/mol. The van der Waals surface area contributed by atoms with Gasteiger partial charge in [0.25, 0.3) is 0 Å². The minimum atomic E-state index is -3.92. The zero-order chi connectivity index (χ0) is 19.6. The van der Waals surface area contributed by atoms with Gasteiger partial charge in [-0.05, 0) is 52.9 Å². The van der Waals surface area contributed by atoms with E-state index in [1.54, 1.807) is 18.2 Å². The van der Waals surface area contributed by atoms with Gasteiger partial charge in [0.15, 0.2) is 11.6 Å². The minimum Gasteiger partial charge on any atom is -0.350 e. The number of nitrogens with one attached hydrogen (secondary N) is 3. The van der Waals surface area contributed by atoms with Crippen molar-refractivity contribution in [2.24, 2.45) is 0 Å². The number of hydrogen-bond acceptors (Lipinski definition) is 4. The molecule has 1 aliphatic heterocycles. The Morgan fingerprint density at radius 1 is 1.11 bits per heavy atom. The molecule has 0 unspecified atom stereocenters. The first-order valence-corrected chi connectivity index (χ1v) is 10.9. The molecule has 0 saturated carbocycles. The van der Waals surface area contributed by atoms with Crippen LogP contribution in [0, 0.1) is 15.2 Å². The van der Waals surface area contributed by atoms with E-state index < -0.39 is 21.8 Å². The predicted octanol–water partition coefficient (Wildman–Crippen LogP) is 3.53. The van der Waals surface area contributed by atoms with Crippen LogP contribution in [0.15, 0.2) is 30.3 Å². The second-order valence-corrected chi connectivity index (χ2v) is 9.11. The van der Waals surface area contributed by atoms with Crippen LogP contribution in [0.25, 0.3) is 0 Å². The van der Waals surface area contributed by atoms with Crippen LogP contribution in [-0.2, 0) is 10.2 Å². The minimum absolute atomic E-state index is 0.109. The van der Waals surface area contributed by atoms with E-state index in [9.17, 15) is 17.2 Å². The first kappa shape index (κ1) is 20.5. The van der Waals surface area contributed by atoms with Gasteiger partial charge in [-0.15, -0.1) is 0 Å². The SMILES string of the molecule is O=S(=O)(Nc1ccc(F)c(F)c1Nc1ccc(I)cc1Cl)N1CCNCC1. The molecule has 11 heteroatoms. The Bertz CT molecular complexity index is 956. The summed E-state index contributed by atoms with van der Waals surface area (Å²) in [7, 11) is -3.92. The molecular weight excluding hydrogens is 513 g/mol. The molecule has 0 aliphatic carbocycles. The van der Waals surface area contributed by atoms with E-state index >= 15 is 0 Å². The van der Waals surface area contributed by atoms with Gasteiger partial charge in [-0.1, -0.05) is 11.6 Å². The van der Waals surface area contributed by atoms with Gasteiger partial charge in [-0.2, -0.15) is 12.7 Å². The van der Waals surface area contributed by atoms with Crippen LogP contribution in [-0.4, -0.2) is 38.9 Å². The van der Waals surface area contributed by atoms with E-state index in [1.165, 1.54) is 10.4 Å².